The number of rotatable bonds is 2. The quantitative estimate of drug-likeness (QED) is 0.465. The van der Waals surface area contributed by atoms with Crippen LogP contribution in [0.4, 0.5) is 0 Å². The van der Waals surface area contributed by atoms with E-state index in [0.29, 0.717) is 5.28 Å². The molecule has 0 radical (unpaired) electrons. The molecule has 0 spiro atoms. The van der Waals surface area contributed by atoms with E-state index in [-0.39, 0.29) is 0 Å². The molecule has 0 unspecified atom stereocenters. The molecule has 2 aromatic heterocycles. The SMILES string of the molecule is Cc1ccc(C)c(Sc2nc(Cl)nc3sc(C)cc23)c1. The van der Waals surface area contributed by atoms with Gasteiger partial charge in [0.05, 0.1) is 0 Å². The van der Waals surface area contributed by atoms with Gasteiger partial charge in [-0.1, -0.05) is 23.9 Å². The maximum atomic E-state index is 6.04. The zero-order valence-corrected chi connectivity index (χ0v) is 13.8. The second kappa shape index (κ2) is 5.35. The summed E-state index contributed by atoms with van der Waals surface area (Å²) in [6.45, 7) is 6.29. The minimum atomic E-state index is 0.312. The van der Waals surface area contributed by atoms with Crippen molar-refractivity contribution < 1.29 is 0 Å². The Morgan fingerprint density at radius 2 is 1.90 bits per heavy atom. The Balaban J connectivity index is 2.12. The van der Waals surface area contributed by atoms with Crippen LogP contribution in [0.2, 0.25) is 5.28 Å². The highest BCUT2D eigenvalue weighted by Crippen LogP contribution is 2.37. The molecule has 0 saturated carbocycles. The standard InChI is InChI=1S/C15H13ClN2S2/c1-8-4-5-9(2)12(6-8)20-14-11-7-10(3)19-13(11)17-15(16)18-14/h4-7H,1-3H3. The van der Waals surface area contributed by atoms with Crippen LogP contribution in [0.3, 0.4) is 0 Å². The first-order chi connectivity index (χ1) is 9.52. The van der Waals surface area contributed by atoms with Gasteiger partial charge < -0.3 is 0 Å². The molecule has 1 aromatic carbocycles. The lowest BCUT2D eigenvalue weighted by atomic mass is 10.2. The molecule has 3 aromatic rings. The van der Waals surface area contributed by atoms with Crippen LogP contribution in [-0.4, -0.2) is 9.97 Å². The third kappa shape index (κ3) is 2.68. The maximum Gasteiger partial charge on any atom is 0.224 e. The van der Waals surface area contributed by atoms with E-state index in [1.54, 1.807) is 23.1 Å². The molecule has 0 aliphatic heterocycles. The Hall–Kier alpha value is -1.10. The summed E-state index contributed by atoms with van der Waals surface area (Å²) in [5.41, 5.74) is 2.49. The van der Waals surface area contributed by atoms with Crippen LogP contribution in [0.15, 0.2) is 34.2 Å². The number of thiophene rings is 1. The molecule has 0 saturated heterocycles. The van der Waals surface area contributed by atoms with Crippen LogP contribution in [0, 0.1) is 20.8 Å². The van der Waals surface area contributed by atoms with Gasteiger partial charge in [0, 0.05) is 15.2 Å². The number of nitrogens with zero attached hydrogens (tertiary/aromatic N) is 2. The van der Waals surface area contributed by atoms with Gasteiger partial charge in [-0.25, -0.2) is 9.97 Å². The number of hydrogen-bond acceptors (Lipinski definition) is 4. The van der Waals surface area contributed by atoms with Gasteiger partial charge in [-0.05, 0) is 55.6 Å². The highest BCUT2D eigenvalue weighted by Gasteiger charge is 2.12. The Morgan fingerprint density at radius 3 is 2.70 bits per heavy atom. The van der Waals surface area contributed by atoms with Gasteiger partial charge in [-0.15, -0.1) is 11.3 Å². The molecule has 0 fully saturated rings. The summed E-state index contributed by atoms with van der Waals surface area (Å²) < 4.78 is 0. The van der Waals surface area contributed by atoms with E-state index < -0.39 is 0 Å². The lowest BCUT2D eigenvalue weighted by Gasteiger charge is -2.07. The molecule has 5 heteroatoms. The van der Waals surface area contributed by atoms with Crippen molar-refractivity contribution in [3.05, 3.63) is 45.6 Å². The van der Waals surface area contributed by atoms with Gasteiger partial charge in [-0.2, -0.15) is 0 Å². The molecule has 0 aliphatic rings. The summed E-state index contributed by atoms with van der Waals surface area (Å²) >= 11 is 9.35. The zero-order valence-electron chi connectivity index (χ0n) is 11.4. The molecular formula is C15H13ClN2S2. The fourth-order valence-corrected chi connectivity index (χ4v) is 4.28. The van der Waals surface area contributed by atoms with Crippen molar-refractivity contribution in [2.75, 3.05) is 0 Å². The molecule has 2 heterocycles. The summed E-state index contributed by atoms with van der Waals surface area (Å²) in [5.74, 6) is 0. The van der Waals surface area contributed by atoms with Gasteiger partial charge in [0.25, 0.3) is 0 Å². The highest BCUT2D eigenvalue weighted by molar-refractivity contribution is 7.99. The first kappa shape index (κ1) is 13.9. The number of benzene rings is 1. The Morgan fingerprint density at radius 1 is 1.10 bits per heavy atom. The first-order valence-electron chi connectivity index (χ1n) is 6.22. The fourth-order valence-electron chi connectivity index (χ4n) is 1.99. The normalized spacial score (nSPS) is 11.2. The van der Waals surface area contributed by atoms with Crippen molar-refractivity contribution in [2.45, 2.75) is 30.7 Å². The average molecular weight is 321 g/mol. The van der Waals surface area contributed by atoms with Crippen LogP contribution >= 0.6 is 34.7 Å². The minimum absolute atomic E-state index is 0.312. The second-order valence-corrected chi connectivity index (χ2v) is 7.35. The van der Waals surface area contributed by atoms with Gasteiger partial charge in [0.1, 0.15) is 9.86 Å². The van der Waals surface area contributed by atoms with E-state index in [4.69, 9.17) is 11.6 Å². The number of aromatic nitrogens is 2. The fraction of sp³-hybridized carbons (Fsp3) is 0.200. The van der Waals surface area contributed by atoms with E-state index >= 15 is 0 Å². The lowest BCUT2D eigenvalue weighted by Crippen LogP contribution is -1.88. The van der Waals surface area contributed by atoms with E-state index in [9.17, 15) is 0 Å². The van der Waals surface area contributed by atoms with E-state index in [1.165, 1.54) is 20.9 Å². The largest absolute Gasteiger partial charge is 0.224 e. The number of aryl methyl sites for hydroxylation is 3. The summed E-state index contributed by atoms with van der Waals surface area (Å²) in [6, 6.07) is 8.57. The molecular weight excluding hydrogens is 308 g/mol. The number of fused-ring (bicyclic) bond motifs is 1. The van der Waals surface area contributed by atoms with Crippen LogP contribution < -0.4 is 0 Å². The van der Waals surface area contributed by atoms with E-state index in [2.05, 4.69) is 55.0 Å². The molecule has 102 valence electrons. The van der Waals surface area contributed by atoms with Crippen molar-refractivity contribution in [1.29, 1.82) is 0 Å². The van der Waals surface area contributed by atoms with E-state index in [1.807, 2.05) is 0 Å². The van der Waals surface area contributed by atoms with Crippen LogP contribution in [-0.2, 0) is 0 Å². The van der Waals surface area contributed by atoms with Crippen molar-refractivity contribution in [3.8, 4) is 0 Å². The molecule has 0 atom stereocenters. The molecule has 3 rings (SSSR count). The summed E-state index contributed by atoms with van der Waals surface area (Å²) in [7, 11) is 0. The van der Waals surface area contributed by atoms with Crippen molar-refractivity contribution in [1.82, 2.24) is 9.97 Å². The number of hydrogen-bond donors (Lipinski definition) is 0. The second-order valence-electron chi connectivity index (χ2n) is 4.74. The average Bonchev–Trinajstić information content (AvgIpc) is 2.74. The third-order valence-electron chi connectivity index (χ3n) is 3.00. The van der Waals surface area contributed by atoms with Crippen LogP contribution in [0.1, 0.15) is 16.0 Å². The lowest BCUT2D eigenvalue weighted by molar-refractivity contribution is 1.10. The Bertz CT molecular complexity index is 796. The topological polar surface area (TPSA) is 25.8 Å². The Kier molecular flexibility index (Phi) is 3.71. The van der Waals surface area contributed by atoms with Gasteiger partial charge in [0.15, 0.2) is 0 Å². The molecule has 0 amide bonds. The zero-order chi connectivity index (χ0) is 14.3. The smallest absolute Gasteiger partial charge is 0.210 e. The first-order valence-corrected chi connectivity index (χ1v) is 8.23. The monoisotopic (exact) mass is 320 g/mol. The summed E-state index contributed by atoms with van der Waals surface area (Å²) in [5, 5.41) is 2.33. The van der Waals surface area contributed by atoms with Crippen molar-refractivity contribution in [2.24, 2.45) is 0 Å². The number of halogens is 1. The molecule has 0 N–H and O–H groups in total. The van der Waals surface area contributed by atoms with Crippen LogP contribution in [0.25, 0.3) is 10.2 Å². The maximum absolute atomic E-state index is 6.04. The predicted molar refractivity (Wildman–Crippen MR) is 87.2 cm³/mol. The van der Waals surface area contributed by atoms with Crippen molar-refractivity contribution in [3.63, 3.8) is 0 Å². The summed E-state index contributed by atoms with van der Waals surface area (Å²) in [4.78, 5) is 12.1. The van der Waals surface area contributed by atoms with Gasteiger partial charge in [-0.3, -0.25) is 0 Å². The van der Waals surface area contributed by atoms with E-state index in [0.717, 1.165) is 15.2 Å². The molecule has 0 aliphatic carbocycles. The Labute approximate surface area is 131 Å². The molecule has 2 nitrogen and oxygen atoms in total. The molecule has 0 bridgehead atoms. The minimum Gasteiger partial charge on any atom is -0.210 e. The predicted octanol–water partition coefficient (Wildman–Crippen LogP) is 5.42. The van der Waals surface area contributed by atoms with Crippen LogP contribution in [0.5, 0.6) is 0 Å². The van der Waals surface area contributed by atoms with Gasteiger partial charge >= 0.3 is 0 Å². The van der Waals surface area contributed by atoms with Crippen molar-refractivity contribution >= 4 is 44.9 Å². The third-order valence-corrected chi connectivity index (χ3v) is 5.28. The summed E-state index contributed by atoms with van der Waals surface area (Å²) in [6.07, 6.45) is 0. The van der Waals surface area contributed by atoms with Gasteiger partial charge in [0.2, 0.25) is 5.28 Å². The molecule has 20 heavy (non-hydrogen) atoms. The highest BCUT2D eigenvalue weighted by atomic mass is 35.5.